The van der Waals surface area contributed by atoms with Crippen LogP contribution in [0.3, 0.4) is 0 Å². The van der Waals surface area contributed by atoms with E-state index in [0.717, 1.165) is 26.7 Å². The molecule has 5 heteroatoms. The van der Waals surface area contributed by atoms with Crippen LogP contribution in [0.25, 0.3) is 10.6 Å². The first-order valence-corrected chi connectivity index (χ1v) is 8.13. The Labute approximate surface area is 139 Å². The third-order valence-corrected chi connectivity index (χ3v) is 4.54. The van der Waals surface area contributed by atoms with Crippen LogP contribution in [0.5, 0.6) is 5.75 Å². The Morgan fingerprint density at radius 2 is 2.00 bits per heavy atom. The van der Waals surface area contributed by atoms with Crippen LogP contribution in [0.1, 0.15) is 10.4 Å². The number of rotatable bonds is 6. The van der Waals surface area contributed by atoms with Crippen LogP contribution >= 0.6 is 11.3 Å². The fourth-order valence-corrected chi connectivity index (χ4v) is 3.16. The van der Waals surface area contributed by atoms with Crippen molar-refractivity contribution in [3.63, 3.8) is 0 Å². The molecule has 0 saturated heterocycles. The fraction of sp³-hybridized carbons (Fsp3) is 0.167. The van der Waals surface area contributed by atoms with Crippen LogP contribution in [-0.2, 0) is 13.2 Å². The van der Waals surface area contributed by atoms with E-state index >= 15 is 0 Å². The molecule has 1 heterocycles. The quantitative estimate of drug-likeness (QED) is 0.721. The summed E-state index contributed by atoms with van der Waals surface area (Å²) in [4.78, 5) is 5.64. The van der Waals surface area contributed by atoms with Crippen molar-refractivity contribution in [3.05, 3.63) is 65.2 Å². The molecule has 0 bridgehead atoms. The van der Waals surface area contributed by atoms with E-state index in [2.05, 4.69) is 22.4 Å². The van der Waals surface area contributed by atoms with Crippen LogP contribution in [-0.4, -0.2) is 17.2 Å². The van der Waals surface area contributed by atoms with Crippen LogP contribution in [0.2, 0.25) is 0 Å². The topological polar surface area (TPSA) is 54.4 Å². The van der Waals surface area contributed by atoms with Crippen LogP contribution in [0.4, 0.5) is 5.69 Å². The summed E-state index contributed by atoms with van der Waals surface area (Å²) in [6, 6.07) is 15.9. The lowest BCUT2D eigenvalue weighted by Gasteiger charge is -2.10. The summed E-state index contributed by atoms with van der Waals surface area (Å²) in [7, 11) is 1.60. The molecule has 4 nitrogen and oxygen atoms in total. The predicted octanol–water partition coefficient (Wildman–Crippen LogP) is 3.92. The van der Waals surface area contributed by atoms with Crippen LogP contribution in [0.15, 0.2) is 54.7 Å². The van der Waals surface area contributed by atoms with E-state index in [1.54, 1.807) is 18.4 Å². The van der Waals surface area contributed by atoms with Crippen LogP contribution in [0, 0.1) is 0 Å². The van der Waals surface area contributed by atoms with E-state index in [-0.39, 0.29) is 6.61 Å². The lowest BCUT2D eigenvalue weighted by Crippen LogP contribution is -1.99. The van der Waals surface area contributed by atoms with E-state index in [4.69, 9.17) is 4.74 Å². The van der Waals surface area contributed by atoms with Crippen molar-refractivity contribution >= 4 is 17.0 Å². The second kappa shape index (κ2) is 7.26. The normalized spacial score (nSPS) is 10.5. The van der Waals surface area contributed by atoms with Gasteiger partial charge in [0.1, 0.15) is 10.8 Å². The first kappa shape index (κ1) is 15.5. The van der Waals surface area contributed by atoms with Crippen molar-refractivity contribution in [2.24, 2.45) is 0 Å². The molecular formula is C18H18N2O2S. The van der Waals surface area contributed by atoms with Gasteiger partial charge in [0.25, 0.3) is 0 Å². The summed E-state index contributed by atoms with van der Waals surface area (Å²) < 4.78 is 5.21. The Kier molecular flexibility index (Phi) is 4.90. The molecule has 0 saturated carbocycles. The van der Waals surface area contributed by atoms with E-state index in [1.807, 2.05) is 42.6 Å². The molecule has 0 fully saturated rings. The molecule has 0 amide bonds. The van der Waals surface area contributed by atoms with Gasteiger partial charge in [0.2, 0.25) is 0 Å². The molecule has 2 aromatic carbocycles. The Morgan fingerprint density at radius 1 is 1.17 bits per heavy atom. The van der Waals surface area contributed by atoms with Gasteiger partial charge in [-0.25, -0.2) is 4.98 Å². The number of ether oxygens (including phenoxy) is 1. The Morgan fingerprint density at radius 3 is 2.74 bits per heavy atom. The molecule has 0 radical (unpaired) electrons. The van der Waals surface area contributed by atoms with Gasteiger partial charge in [0.15, 0.2) is 0 Å². The fourth-order valence-electron chi connectivity index (χ4n) is 2.30. The summed E-state index contributed by atoms with van der Waals surface area (Å²) in [5.41, 5.74) is 2.85. The minimum absolute atomic E-state index is 0.0442. The second-order valence-electron chi connectivity index (χ2n) is 5.04. The zero-order valence-electron chi connectivity index (χ0n) is 12.8. The van der Waals surface area contributed by atoms with Gasteiger partial charge < -0.3 is 15.2 Å². The van der Waals surface area contributed by atoms with Crippen LogP contribution < -0.4 is 10.1 Å². The number of thiazole rings is 1. The third-order valence-electron chi connectivity index (χ3n) is 3.49. The lowest BCUT2D eigenvalue weighted by atomic mass is 10.2. The van der Waals surface area contributed by atoms with Gasteiger partial charge >= 0.3 is 0 Å². The van der Waals surface area contributed by atoms with Crippen molar-refractivity contribution in [1.29, 1.82) is 0 Å². The van der Waals surface area contributed by atoms with Gasteiger partial charge in [-0.15, -0.1) is 11.3 Å². The number of nitrogens with zero attached hydrogens (tertiary/aromatic N) is 1. The number of hydrogen-bond donors (Lipinski definition) is 2. The Bertz CT molecular complexity index is 772. The van der Waals surface area contributed by atoms with Crippen molar-refractivity contribution in [2.75, 3.05) is 12.4 Å². The van der Waals surface area contributed by atoms with Gasteiger partial charge in [-0.1, -0.05) is 30.3 Å². The van der Waals surface area contributed by atoms with Crippen molar-refractivity contribution in [3.8, 4) is 16.3 Å². The van der Waals surface area contributed by atoms with E-state index in [0.29, 0.717) is 12.3 Å². The number of aliphatic hydroxyl groups excluding tert-OH is 1. The summed E-state index contributed by atoms with van der Waals surface area (Å²) in [5, 5.41) is 13.7. The highest BCUT2D eigenvalue weighted by atomic mass is 32.1. The molecule has 118 valence electrons. The van der Waals surface area contributed by atoms with E-state index in [9.17, 15) is 5.11 Å². The number of nitrogens with one attached hydrogen (secondary N) is 1. The number of aromatic nitrogens is 1. The highest BCUT2D eigenvalue weighted by Crippen LogP contribution is 2.26. The van der Waals surface area contributed by atoms with Gasteiger partial charge in [-0.05, 0) is 18.2 Å². The maximum Gasteiger partial charge on any atom is 0.124 e. The van der Waals surface area contributed by atoms with Crippen molar-refractivity contribution < 1.29 is 9.84 Å². The lowest BCUT2D eigenvalue weighted by molar-refractivity contribution is 0.274. The number of methoxy groups -OCH3 is 1. The number of benzene rings is 2. The molecule has 0 atom stereocenters. The van der Waals surface area contributed by atoms with Gasteiger partial charge in [0.05, 0.1) is 20.3 Å². The minimum Gasteiger partial charge on any atom is -0.496 e. The molecule has 23 heavy (non-hydrogen) atoms. The average molecular weight is 326 g/mol. The third kappa shape index (κ3) is 3.70. The molecule has 3 rings (SSSR count). The summed E-state index contributed by atoms with van der Waals surface area (Å²) in [6.07, 6.45) is 1.90. The molecular weight excluding hydrogens is 308 g/mol. The largest absolute Gasteiger partial charge is 0.496 e. The average Bonchev–Trinajstić information content (AvgIpc) is 3.09. The summed E-state index contributed by atoms with van der Waals surface area (Å²) in [5.74, 6) is 0.696. The number of hydrogen-bond acceptors (Lipinski definition) is 5. The zero-order valence-corrected chi connectivity index (χ0v) is 13.6. The standard InChI is InChI=1S/C18H18N2O2S/c1-22-17-8-7-15(9-14(17)12-21)19-10-16-11-20-18(23-16)13-5-3-2-4-6-13/h2-9,11,19,21H,10,12H2,1H3. The molecule has 0 aliphatic heterocycles. The highest BCUT2D eigenvalue weighted by Gasteiger charge is 2.06. The smallest absolute Gasteiger partial charge is 0.124 e. The summed E-state index contributed by atoms with van der Waals surface area (Å²) in [6.45, 7) is 0.652. The van der Waals surface area contributed by atoms with E-state index < -0.39 is 0 Å². The highest BCUT2D eigenvalue weighted by molar-refractivity contribution is 7.15. The molecule has 3 aromatic rings. The number of anilines is 1. The zero-order chi connectivity index (χ0) is 16.1. The molecule has 0 aliphatic carbocycles. The molecule has 2 N–H and O–H groups in total. The Hall–Kier alpha value is -2.37. The van der Waals surface area contributed by atoms with Gasteiger partial charge in [-0.3, -0.25) is 0 Å². The first-order valence-electron chi connectivity index (χ1n) is 7.32. The maximum absolute atomic E-state index is 9.37. The molecule has 1 aromatic heterocycles. The monoisotopic (exact) mass is 326 g/mol. The molecule has 0 unspecified atom stereocenters. The predicted molar refractivity (Wildman–Crippen MR) is 93.8 cm³/mol. The van der Waals surface area contributed by atoms with Crippen molar-refractivity contribution in [1.82, 2.24) is 4.98 Å². The minimum atomic E-state index is -0.0442. The van der Waals surface area contributed by atoms with E-state index in [1.165, 1.54) is 0 Å². The number of aliphatic hydroxyl groups is 1. The summed E-state index contributed by atoms with van der Waals surface area (Å²) >= 11 is 1.68. The first-order chi connectivity index (χ1) is 11.3. The SMILES string of the molecule is COc1ccc(NCc2cnc(-c3ccccc3)s2)cc1CO. The van der Waals surface area contributed by atoms with Gasteiger partial charge in [-0.2, -0.15) is 0 Å². The second-order valence-corrected chi connectivity index (χ2v) is 6.15. The maximum atomic E-state index is 9.37. The Balaban J connectivity index is 1.68. The molecule has 0 aliphatic rings. The van der Waals surface area contributed by atoms with Gasteiger partial charge in [0, 0.05) is 27.9 Å². The van der Waals surface area contributed by atoms with Crippen molar-refractivity contribution in [2.45, 2.75) is 13.2 Å². The molecule has 0 spiro atoms.